The van der Waals surface area contributed by atoms with Gasteiger partial charge in [-0.3, -0.25) is 0 Å². The van der Waals surface area contributed by atoms with Crippen molar-refractivity contribution in [2.24, 2.45) is 11.7 Å². The van der Waals surface area contributed by atoms with E-state index in [1.807, 2.05) is 0 Å². The molecule has 0 saturated carbocycles. The molecule has 1 fully saturated rings. The Morgan fingerprint density at radius 1 is 1.80 bits per heavy atom. The third-order valence-corrected chi connectivity index (χ3v) is 2.16. The lowest BCUT2D eigenvalue weighted by atomic mass is 9.94. The zero-order valence-corrected chi connectivity index (χ0v) is 6.47. The molecule has 0 aromatic rings. The maximum atomic E-state index is 5.46. The highest BCUT2D eigenvalue weighted by molar-refractivity contribution is 5.05. The van der Waals surface area contributed by atoms with Gasteiger partial charge in [0.05, 0.1) is 6.10 Å². The Morgan fingerprint density at radius 2 is 2.50 bits per heavy atom. The number of hydrogen-bond acceptors (Lipinski definition) is 2. The number of hydrogen-bond donors (Lipinski definition) is 1. The standard InChI is InChI=1S/C8H15NO/c1-6(5-9)8-3-4-10-7(8)2/h7-8H,1,3-5,9H2,2H3. The van der Waals surface area contributed by atoms with Crippen LogP contribution in [0.3, 0.4) is 0 Å². The van der Waals surface area contributed by atoms with Gasteiger partial charge in [-0.15, -0.1) is 0 Å². The van der Waals surface area contributed by atoms with E-state index < -0.39 is 0 Å². The molecule has 0 radical (unpaired) electrons. The van der Waals surface area contributed by atoms with Crippen molar-refractivity contribution in [2.75, 3.05) is 13.2 Å². The van der Waals surface area contributed by atoms with Crippen molar-refractivity contribution in [3.05, 3.63) is 12.2 Å². The molecule has 1 aliphatic rings. The summed E-state index contributed by atoms with van der Waals surface area (Å²) < 4.78 is 5.37. The fourth-order valence-corrected chi connectivity index (χ4v) is 1.42. The van der Waals surface area contributed by atoms with E-state index in [-0.39, 0.29) is 0 Å². The third-order valence-electron chi connectivity index (χ3n) is 2.16. The Bertz CT molecular complexity index is 133. The quantitative estimate of drug-likeness (QED) is 0.580. The molecule has 0 spiro atoms. The maximum absolute atomic E-state index is 5.46. The van der Waals surface area contributed by atoms with Crippen LogP contribution in [-0.2, 0) is 4.74 Å². The summed E-state index contributed by atoms with van der Waals surface area (Å²) in [6, 6.07) is 0. The van der Waals surface area contributed by atoms with Crippen molar-refractivity contribution in [1.29, 1.82) is 0 Å². The fourth-order valence-electron chi connectivity index (χ4n) is 1.42. The first-order valence-corrected chi connectivity index (χ1v) is 3.75. The summed E-state index contributed by atoms with van der Waals surface area (Å²) in [6.45, 7) is 7.44. The summed E-state index contributed by atoms with van der Waals surface area (Å²) in [7, 11) is 0. The van der Waals surface area contributed by atoms with E-state index >= 15 is 0 Å². The van der Waals surface area contributed by atoms with Gasteiger partial charge >= 0.3 is 0 Å². The van der Waals surface area contributed by atoms with E-state index in [4.69, 9.17) is 10.5 Å². The molecule has 2 unspecified atom stereocenters. The van der Waals surface area contributed by atoms with Crippen molar-refractivity contribution in [3.63, 3.8) is 0 Å². The molecule has 1 saturated heterocycles. The largest absolute Gasteiger partial charge is 0.378 e. The first kappa shape index (κ1) is 7.76. The minimum Gasteiger partial charge on any atom is -0.378 e. The van der Waals surface area contributed by atoms with Crippen LogP contribution in [0.15, 0.2) is 12.2 Å². The molecule has 2 nitrogen and oxygen atoms in total. The van der Waals surface area contributed by atoms with E-state index in [9.17, 15) is 0 Å². The maximum Gasteiger partial charge on any atom is 0.0613 e. The molecule has 1 rings (SSSR count). The molecule has 0 aromatic carbocycles. The van der Waals surface area contributed by atoms with Crippen molar-refractivity contribution >= 4 is 0 Å². The van der Waals surface area contributed by atoms with Crippen LogP contribution < -0.4 is 5.73 Å². The molecule has 0 bridgehead atoms. The molecule has 2 heteroatoms. The van der Waals surface area contributed by atoms with Crippen LogP contribution in [0.25, 0.3) is 0 Å². The average Bonchev–Trinajstić information content (AvgIpc) is 2.34. The molecule has 1 aliphatic heterocycles. The van der Waals surface area contributed by atoms with Gasteiger partial charge in [0, 0.05) is 19.1 Å². The number of nitrogens with two attached hydrogens (primary N) is 1. The first-order valence-electron chi connectivity index (χ1n) is 3.75. The Labute approximate surface area is 62.1 Å². The molecule has 0 aliphatic carbocycles. The average molecular weight is 141 g/mol. The fraction of sp³-hybridized carbons (Fsp3) is 0.750. The smallest absolute Gasteiger partial charge is 0.0613 e. The Kier molecular flexibility index (Phi) is 2.46. The molecular formula is C8H15NO. The van der Waals surface area contributed by atoms with Crippen molar-refractivity contribution in [3.8, 4) is 0 Å². The van der Waals surface area contributed by atoms with Crippen molar-refractivity contribution < 1.29 is 4.74 Å². The summed E-state index contributed by atoms with van der Waals surface area (Å²) in [6.07, 6.45) is 1.42. The van der Waals surface area contributed by atoms with Crippen LogP contribution in [0.5, 0.6) is 0 Å². The normalized spacial score (nSPS) is 32.6. The van der Waals surface area contributed by atoms with Crippen LogP contribution in [0.1, 0.15) is 13.3 Å². The van der Waals surface area contributed by atoms with Crippen LogP contribution in [0.4, 0.5) is 0 Å². The molecule has 2 N–H and O–H groups in total. The molecular weight excluding hydrogens is 126 g/mol. The van der Waals surface area contributed by atoms with Crippen LogP contribution in [-0.4, -0.2) is 19.3 Å². The van der Waals surface area contributed by atoms with Gasteiger partial charge in [0.15, 0.2) is 0 Å². The van der Waals surface area contributed by atoms with Gasteiger partial charge in [-0.1, -0.05) is 12.2 Å². The van der Waals surface area contributed by atoms with Crippen molar-refractivity contribution in [2.45, 2.75) is 19.4 Å². The predicted molar refractivity (Wildman–Crippen MR) is 41.7 cm³/mol. The van der Waals surface area contributed by atoms with Crippen LogP contribution in [0, 0.1) is 5.92 Å². The van der Waals surface area contributed by atoms with Crippen LogP contribution in [0.2, 0.25) is 0 Å². The topological polar surface area (TPSA) is 35.2 Å². The lowest BCUT2D eigenvalue weighted by Gasteiger charge is -2.14. The van der Waals surface area contributed by atoms with Gasteiger partial charge < -0.3 is 10.5 Å². The SMILES string of the molecule is C=C(CN)C1CCOC1C. The second-order valence-electron chi connectivity index (χ2n) is 2.83. The lowest BCUT2D eigenvalue weighted by molar-refractivity contribution is 0.112. The molecule has 1 heterocycles. The minimum atomic E-state index is 0.330. The monoisotopic (exact) mass is 141 g/mol. The van der Waals surface area contributed by atoms with E-state index in [0.29, 0.717) is 18.6 Å². The Morgan fingerprint density at radius 3 is 2.90 bits per heavy atom. The summed E-state index contributed by atoms with van der Waals surface area (Å²) in [4.78, 5) is 0. The van der Waals surface area contributed by atoms with Gasteiger partial charge in [0.2, 0.25) is 0 Å². The first-order chi connectivity index (χ1) is 4.75. The van der Waals surface area contributed by atoms with E-state index in [0.717, 1.165) is 18.6 Å². The van der Waals surface area contributed by atoms with Gasteiger partial charge in [-0.05, 0) is 13.3 Å². The lowest BCUT2D eigenvalue weighted by Crippen LogP contribution is -2.18. The van der Waals surface area contributed by atoms with E-state index in [2.05, 4.69) is 13.5 Å². The zero-order valence-electron chi connectivity index (χ0n) is 6.47. The number of rotatable bonds is 2. The van der Waals surface area contributed by atoms with Crippen molar-refractivity contribution in [1.82, 2.24) is 0 Å². The molecule has 58 valence electrons. The molecule has 2 atom stereocenters. The second-order valence-corrected chi connectivity index (χ2v) is 2.83. The predicted octanol–water partition coefficient (Wildman–Crippen LogP) is 0.926. The van der Waals surface area contributed by atoms with Gasteiger partial charge in [-0.25, -0.2) is 0 Å². The summed E-state index contributed by atoms with van der Waals surface area (Å²) in [5.74, 6) is 0.505. The second kappa shape index (κ2) is 3.17. The van der Waals surface area contributed by atoms with E-state index in [1.54, 1.807) is 0 Å². The van der Waals surface area contributed by atoms with Gasteiger partial charge in [-0.2, -0.15) is 0 Å². The van der Waals surface area contributed by atoms with E-state index in [1.165, 1.54) is 0 Å². The highest BCUT2D eigenvalue weighted by atomic mass is 16.5. The molecule has 10 heavy (non-hydrogen) atoms. The molecule has 0 amide bonds. The summed E-state index contributed by atoms with van der Waals surface area (Å²) >= 11 is 0. The van der Waals surface area contributed by atoms with Crippen LogP contribution >= 0.6 is 0 Å². The highest BCUT2D eigenvalue weighted by Crippen LogP contribution is 2.25. The van der Waals surface area contributed by atoms with Gasteiger partial charge in [0.25, 0.3) is 0 Å². The number of ether oxygens (including phenoxy) is 1. The Hall–Kier alpha value is -0.340. The summed E-state index contributed by atoms with van der Waals surface area (Å²) in [5.41, 5.74) is 6.59. The summed E-state index contributed by atoms with van der Waals surface area (Å²) in [5, 5.41) is 0. The third kappa shape index (κ3) is 1.39. The highest BCUT2D eigenvalue weighted by Gasteiger charge is 2.25. The van der Waals surface area contributed by atoms with Gasteiger partial charge in [0.1, 0.15) is 0 Å². The Balaban J connectivity index is 2.46. The molecule has 0 aromatic heterocycles. The zero-order chi connectivity index (χ0) is 7.56. The minimum absolute atomic E-state index is 0.330.